The highest BCUT2D eigenvalue weighted by atomic mass is 16.3. The number of nitrogens with zero attached hydrogens (tertiary/aromatic N) is 1. The number of aliphatic hydroxyl groups is 1. The molecule has 0 radical (unpaired) electrons. The van der Waals surface area contributed by atoms with Crippen LogP contribution in [0.25, 0.3) is 0 Å². The Bertz CT molecular complexity index is 194. The van der Waals surface area contributed by atoms with E-state index in [2.05, 4.69) is 4.90 Å². The maximum absolute atomic E-state index is 9.59. The fourth-order valence-electron chi connectivity index (χ4n) is 3.43. The van der Waals surface area contributed by atoms with Gasteiger partial charge in [0.25, 0.3) is 0 Å². The highest BCUT2D eigenvalue weighted by Crippen LogP contribution is 2.41. The summed E-state index contributed by atoms with van der Waals surface area (Å²) in [7, 11) is 0. The van der Waals surface area contributed by atoms with Gasteiger partial charge in [-0.3, -0.25) is 4.90 Å². The lowest BCUT2D eigenvalue weighted by Crippen LogP contribution is -2.49. The smallest absolute Gasteiger partial charge is 0.0696 e. The van der Waals surface area contributed by atoms with Gasteiger partial charge in [-0.15, -0.1) is 0 Å². The third kappa shape index (κ3) is 1.23. The molecule has 0 aromatic rings. The second kappa shape index (κ2) is 2.96. The summed E-state index contributed by atoms with van der Waals surface area (Å²) in [6.07, 6.45) is 6.63. The van der Waals surface area contributed by atoms with Crippen molar-refractivity contribution in [3.8, 4) is 0 Å². The molecule has 4 atom stereocenters. The summed E-state index contributed by atoms with van der Waals surface area (Å²) in [5.41, 5.74) is 0. The van der Waals surface area contributed by atoms with Gasteiger partial charge in [0.1, 0.15) is 0 Å². The van der Waals surface area contributed by atoms with Gasteiger partial charge < -0.3 is 5.11 Å². The van der Waals surface area contributed by atoms with Crippen molar-refractivity contribution in [1.29, 1.82) is 0 Å². The highest BCUT2D eigenvalue weighted by Gasteiger charge is 2.43. The summed E-state index contributed by atoms with van der Waals surface area (Å²) in [5, 5.41) is 9.59. The fraction of sp³-hybridized carbons (Fsp3) is 1.00. The van der Waals surface area contributed by atoms with E-state index in [0.29, 0.717) is 6.04 Å². The summed E-state index contributed by atoms with van der Waals surface area (Å²) < 4.78 is 0. The number of aliphatic hydroxyl groups excluding tert-OH is 1. The maximum Gasteiger partial charge on any atom is 0.0696 e. The number of hydrogen-bond donors (Lipinski definition) is 1. The van der Waals surface area contributed by atoms with Gasteiger partial charge in [-0.25, -0.2) is 0 Å². The van der Waals surface area contributed by atoms with Crippen molar-refractivity contribution in [2.24, 2.45) is 11.8 Å². The van der Waals surface area contributed by atoms with E-state index in [9.17, 15) is 5.11 Å². The van der Waals surface area contributed by atoms with E-state index in [-0.39, 0.29) is 6.10 Å². The van der Waals surface area contributed by atoms with Crippen molar-refractivity contribution in [2.45, 2.75) is 44.2 Å². The van der Waals surface area contributed by atoms with Gasteiger partial charge in [0, 0.05) is 19.1 Å². The van der Waals surface area contributed by atoms with Crippen molar-refractivity contribution in [3.05, 3.63) is 0 Å². The lowest BCUT2D eigenvalue weighted by Gasteiger charge is -2.39. The minimum Gasteiger partial charge on any atom is -0.391 e. The monoisotopic (exact) mass is 181 g/mol. The first kappa shape index (κ1) is 8.25. The molecule has 2 saturated carbocycles. The van der Waals surface area contributed by atoms with E-state index < -0.39 is 0 Å². The molecular weight excluding hydrogens is 162 g/mol. The van der Waals surface area contributed by atoms with Crippen molar-refractivity contribution in [3.63, 3.8) is 0 Å². The molecular formula is C11H19NO. The Morgan fingerprint density at radius 3 is 2.08 bits per heavy atom. The Labute approximate surface area is 79.9 Å². The van der Waals surface area contributed by atoms with E-state index in [1.54, 1.807) is 0 Å². The SMILES string of the molecule is O[C@@H]1CC[C@H]1N1CC2CCCC2C1. The van der Waals surface area contributed by atoms with Gasteiger partial charge in [0.05, 0.1) is 6.10 Å². The van der Waals surface area contributed by atoms with Crippen molar-refractivity contribution in [1.82, 2.24) is 4.90 Å². The third-order valence-corrected chi connectivity index (χ3v) is 4.43. The van der Waals surface area contributed by atoms with Crippen LogP contribution in [0, 0.1) is 11.8 Å². The Morgan fingerprint density at radius 1 is 0.923 bits per heavy atom. The number of rotatable bonds is 1. The summed E-state index contributed by atoms with van der Waals surface area (Å²) in [6, 6.07) is 0.533. The van der Waals surface area contributed by atoms with Crippen LogP contribution in [0.2, 0.25) is 0 Å². The average Bonchev–Trinajstić information content (AvgIpc) is 2.61. The molecule has 13 heavy (non-hydrogen) atoms. The number of hydrogen-bond acceptors (Lipinski definition) is 2. The molecule has 2 unspecified atom stereocenters. The predicted octanol–water partition coefficient (Wildman–Crippen LogP) is 1.24. The molecule has 0 aromatic heterocycles. The molecule has 2 nitrogen and oxygen atoms in total. The van der Waals surface area contributed by atoms with E-state index in [4.69, 9.17) is 0 Å². The molecule has 0 bridgehead atoms. The van der Waals surface area contributed by atoms with Crippen LogP contribution in [0.5, 0.6) is 0 Å². The molecule has 3 fully saturated rings. The predicted molar refractivity (Wildman–Crippen MR) is 51.4 cm³/mol. The zero-order valence-corrected chi connectivity index (χ0v) is 8.15. The van der Waals surface area contributed by atoms with Gasteiger partial charge >= 0.3 is 0 Å². The summed E-state index contributed by atoms with van der Waals surface area (Å²) in [4.78, 5) is 2.56. The second-order valence-corrected chi connectivity index (χ2v) is 5.12. The molecule has 74 valence electrons. The van der Waals surface area contributed by atoms with E-state index in [0.717, 1.165) is 18.3 Å². The van der Waals surface area contributed by atoms with E-state index >= 15 is 0 Å². The summed E-state index contributed by atoms with van der Waals surface area (Å²) in [6.45, 7) is 2.57. The van der Waals surface area contributed by atoms with Crippen molar-refractivity contribution < 1.29 is 5.11 Å². The van der Waals surface area contributed by atoms with Crippen molar-refractivity contribution >= 4 is 0 Å². The minimum atomic E-state index is -0.00109. The molecule has 2 aliphatic carbocycles. The molecule has 1 saturated heterocycles. The molecule has 2 heteroatoms. The van der Waals surface area contributed by atoms with E-state index in [1.807, 2.05) is 0 Å². The molecule has 0 amide bonds. The average molecular weight is 181 g/mol. The molecule has 0 aromatic carbocycles. The standard InChI is InChI=1S/C11H19NO/c13-11-5-4-10(11)12-6-8-2-1-3-9(8)7-12/h8-11,13H,1-7H2/t8?,9?,10-,11-/m1/s1. The summed E-state index contributed by atoms with van der Waals surface area (Å²) in [5.74, 6) is 1.96. The summed E-state index contributed by atoms with van der Waals surface area (Å²) >= 11 is 0. The number of likely N-dealkylation sites (tertiary alicyclic amines) is 1. The van der Waals surface area contributed by atoms with Crippen LogP contribution in [0.4, 0.5) is 0 Å². The second-order valence-electron chi connectivity index (χ2n) is 5.12. The molecule has 3 aliphatic rings. The molecule has 1 heterocycles. The van der Waals surface area contributed by atoms with Crippen LogP contribution in [-0.2, 0) is 0 Å². The first-order chi connectivity index (χ1) is 6.34. The highest BCUT2D eigenvalue weighted by molar-refractivity contribution is 4.96. The third-order valence-electron chi connectivity index (χ3n) is 4.43. The van der Waals surface area contributed by atoms with Crippen LogP contribution < -0.4 is 0 Å². The molecule has 1 N–H and O–H groups in total. The van der Waals surface area contributed by atoms with Gasteiger partial charge in [0.15, 0.2) is 0 Å². The molecule has 0 spiro atoms. The normalized spacial score (nSPS) is 50.5. The molecule has 3 rings (SSSR count). The lowest BCUT2D eigenvalue weighted by molar-refractivity contribution is -0.0140. The first-order valence-corrected chi connectivity index (χ1v) is 5.77. The van der Waals surface area contributed by atoms with Crippen LogP contribution in [0.1, 0.15) is 32.1 Å². The van der Waals surface area contributed by atoms with Gasteiger partial charge in [-0.1, -0.05) is 6.42 Å². The quantitative estimate of drug-likeness (QED) is 0.658. The van der Waals surface area contributed by atoms with Crippen LogP contribution in [0.3, 0.4) is 0 Å². The number of fused-ring (bicyclic) bond motifs is 1. The minimum absolute atomic E-state index is 0.00109. The van der Waals surface area contributed by atoms with Gasteiger partial charge in [-0.05, 0) is 37.5 Å². The largest absolute Gasteiger partial charge is 0.391 e. The Kier molecular flexibility index (Phi) is 1.88. The maximum atomic E-state index is 9.59. The Morgan fingerprint density at radius 2 is 1.62 bits per heavy atom. The van der Waals surface area contributed by atoms with Gasteiger partial charge in [-0.2, -0.15) is 0 Å². The first-order valence-electron chi connectivity index (χ1n) is 5.77. The topological polar surface area (TPSA) is 23.5 Å². The lowest BCUT2D eigenvalue weighted by atomic mass is 9.88. The zero-order valence-electron chi connectivity index (χ0n) is 8.15. The van der Waals surface area contributed by atoms with Crippen LogP contribution in [0.15, 0.2) is 0 Å². The van der Waals surface area contributed by atoms with Crippen LogP contribution in [-0.4, -0.2) is 35.2 Å². The van der Waals surface area contributed by atoms with Crippen LogP contribution >= 0.6 is 0 Å². The van der Waals surface area contributed by atoms with E-state index in [1.165, 1.54) is 38.8 Å². The van der Waals surface area contributed by atoms with Crippen molar-refractivity contribution in [2.75, 3.05) is 13.1 Å². The Balaban J connectivity index is 1.63. The fourth-order valence-corrected chi connectivity index (χ4v) is 3.43. The Hall–Kier alpha value is -0.0800. The van der Waals surface area contributed by atoms with Gasteiger partial charge in [0.2, 0.25) is 0 Å². The molecule has 1 aliphatic heterocycles. The zero-order chi connectivity index (χ0) is 8.84.